The lowest BCUT2D eigenvalue weighted by Crippen LogP contribution is -2.36. The first kappa shape index (κ1) is 15.5. The largest absolute Gasteiger partial charge is 0.481 e. The van der Waals surface area contributed by atoms with Crippen LogP contribution in [-0.2, 0) is 4.79 Å². The standard InChI is InChI=1S/C7H7F3N4O3S2/c8-7(9,10)2-11-4(17)12-5-13-14-6(19-5)18-1-3(15)16/h1-2H2,(H,15,16)(H2,11,12,13,17). The molecule has 0 aliphatic carbocycles. The van der Waals surface area contributed by atoms with Crippen LogP contribution in [0.25, 0.3) is 0 Å². The Labute approximate surface area is 112 Å². The van der Waals surface area contributed by atoms with Crippen LogP contribution in [0.5, 0.6) is 0 Å². The molecule has 7 nitrogen and oxygen atoms in total. The summed E-state index contributed by atoms with van der Waals surface area (Å²) in [6.07, 6.45) is -4.50. The maximum atomic E-state index is 11.8. The topological polar surface area (TPSA) is 104 Å². The van der Waals surface area contributed by atoms with E-state index in [0.717, 1.165) is 23.1 Å². The zero-order valence-corrected chi connectivity index (χ0v) is 10.7. The quantitative estimate of drug-likeness (QED) is 0.560. The number of urea groups is 1. The third-order valence-electron chi connectivity index (χ3n) is 1.40. The number of hydrogen-bond acceptors (Lipinski definition) is 6. The van der Waals surface area contributed by atoms with E-state index in [1.807, 2.05) is 0 Å². The van der Waals surface area contributed by atoms with Crippen molar-refractivity contribution in [2.75, 3.05) is 17.6 Å². The average molecular weight is 316 g/mol. The lowest BCUT2D eigenvalue weighted by atomic mass is 10.6. The van der Waals surface area contributed by atoms with E-state index in [4.69, 9.17) is 5.11 Å². The summed E-state index contributed by atoms with van der Waals surface area (Å²) in [7, 11) is 0. The van der Waals surface area contributed by atoms with Gasteiger partial charge in [0.1, 0.15) is 6.54 Å². The molecule has 1 aromatic rings. The number of alkyl halides is 3. The van der Waals surface area contributed by atoms with Crippen molar-refractivity contribution in [3.8, 4) is 0 Å². The molecule has 3 N–H and O–H groups in total. The number of nitrogens with one attached hydrogen (secondary N) is 2. The highest BCUT2D eigenvalue weighted by atomic mass is 32.2. The van der Waals surface area contributed by atoms with Gasteiger partial charge in [0.25, 0.3) is 0 Å². The molecular weight excluding hydrogens is 309 g/mol. The third kappa shape index (κ3) is 6.81. The Hall–Kier alpha value is -1.56. The lowest BCUT2D eigenvalue weighted by molar-refractivity contribution is -0.134. The van der Waals surface area contributed by atoms with E-state index in [0.29, 0.717) is 0 Å². The van der Waals surface area contributed by atoms with Gasteiger partial charge in [0.2, 0.25) is 5.13 Å². The van der Waals surface area contributed by atoms with Gasteiger partial charge in [0.05, 0.1) is 5.75 Å². The molecule has 19 heavy (non-hydrogen) atoms. The van der Waals surface area contributed by atoms with Gasteiger partial charge in [0, 0.05) is 0 Å². The fraction of sp³-hybridized carbons (Fsp3) is 0.429. The first-order valence-electron chi connectivity index (χ1n) is 4.56. The highest BCUT2D eigenvalue weighted by molar-refractivity contribution is 8.01. The predicted molar refractivity (Wildman–Crippen MR) is 61.3 cm³/mol. The summed E-state index contributed by atoms with van der Waals surface area (Å²) in [5.41, 5.74) is 0. The summed E-state index contributed by atoms with van der Waals surface area (Å²) >= 11 is 1.75. The first-order valence-corrected chi connectivity index (χ1v) is 6.36. The summed E-state index contributed by atoms with van der Waals surface area (Å²) in [6.45, 7) is -1.46. The minimum absolute atomic E-state index is 0.0208. The van der Waals surface area contributed by atoms with Crippen LogP contribution in [0.1, 0.15) is 0 Å². The molecule has 1 aromatic heterocycles. The van der Waals surface area contributed by atoms with Crippen molar-refractivity contribution < 1.29 is 27.9 Å². The average Bonchev–Trinajstić information content (AvgIpc) is 2.70. The number of aromatic nitrogens is 2. The van der Waals surface area contributed by atoms with Gasteiger partial charge in [-0.3, -0.25) is 10.1 Å². The molecule has 2 amide bonds. The smallest absolute Gasteiger partial charge is 0.405 e. The molecule has 0 spiro atoms. The Morgan fingerprint density at radius 2 is 2.05 bits per heavy atom. The SMILES string of the molecule is O=C(O)CSc1nnc(NC(=O)NCC(F)(F)F)s1. The number of nitrogens with zero attached hydrogens (tertiary/aromatic N) is 2. The van der Waals surface area contributed by atoms with E-state index in [1.165, 1.54) is 0 Å². The van der Waals surface area contributed by atoms with Crippen molar-refractivity contribution in [3.05, 3.63) is 0 Å². The van der Waals surface area contributed by atoms with Gasteiger partial charge in [-0.2, -0.15) is 13.2 Å². The van der Waals surface area contributed by atoms with Crippen LogP contribution in [0, 0.1) is 0 Å². The molecule has 0 aromatic carbocycles. The number of thioether (sulfide) groups is 1. The van der Waals surface area contributed by atoms with Gasteiger partial charge in [-0.25, -0.2) is 4.79 Å². The molecule has 1 rings (SSSR count). The summed E-state index contributed by atoms with van der Waals surface area (Å²) < 4.78 is 35.7. The Bertz CT molecular complexity index is 465. The summed E-state index contributed by atoms with van der Waals surface area (Å²) in [4.78, 5) is 21.3. The predicted octanol–water partition coefficient (Wildman–Crippen LogP) is 1.40. The third-order valence-corrected chi connectivity index (χ3v) is 3.35. The van der Waals surface area contributed by atoms with Crippen LogP contribution in [0.15, 0.2) is 4.34 Å². The summed E-state index contributed by atoms with van der Waals surface area (Å²) in [5, 5.41) is 19.1. The van der Waals surface area contributed by atoms with Crippen LogP contribution in [0.4, 0.5) is 23.1 Å². The number of amides is 2. The van der Waals surface area contributed by atoms with Crippen LogP contribution < -0.4 is 10.6 Å². The van der Waals surface area contributed by atoms with Gasteiger partial charge < -0.3 is 10.4 Å². The lowest BCUT2D eigenvalue weighted by Gasteiger charge is -2.07. The van der Waals surface area contributed by atoms with Crippen LogP contribution in [0.2, 0.25) is 0 Å². The van der Waals surface area contributed by atoms with E-state index < -0.39 is 24.7 Å². The van der Waals surface area contributed by atoms with Crippen molar-refractivity contribution in [1.82, 2.24) is 15.5 Å². The van der Waals surface area contributed by atoms with Crippen molar-refractivity contribution in [2.45, 2.75) is 10.5 Å². The molecule has 0 aliphatic rings. The summed E-state index contributed by atoms with van der Waals surface area (Å²) in [6, 6.07) is -1.07. The number of halogens is 3. The fourth-order valence-electron chi connectivity index (χ4n) is 0.764. The highest BCUT2D eigenvalue weighted by Gasteiger charge is 2.27. The Morgan fingerprint density at radius 1 is 1.37 bits per heavy atom. The molecule has 0 aliphatic heterocycles. The Balaban J connectivity index is 2.40. The number of carboxylic acid groups (broad SMARTS) is 1. The molecule has 1 heterocycles. The van der Waals surface area contributed by atoms with Gasteiger partial charge in [-0.05, 0) is 0 Å². The maximum absolute atomic E-state index is 11.8. The Kier molecular flexibility index (Phi) is 5.35. The monoisotopic (exact) mass is 316 g/mol. The van der Waals surface area contributed by atoms with E-state index in [9.17, 15) is 22.8 Å². The van der Waals surface area contributed by atoms with E-state index in [-0.39, 0.29) is 15.2 Å². The molecule has 0 unspecified atom stereocenters. The molecule has 106 valence electrons. The Morgan fingerprint density at radius 3 is 2.63 bits per heavy atom. The highest BCUT2D eigenvalue weighted by Crippen LogP contribution is 2.25. The molecular formula is C7H7F3N4O3S2. The molecule has 0 atom stereocenters. The zero-order chi connectivity index (χ0) is 14.5. The van der Waals surface area contributed by atoms with Gasteiger partial charge in [0.15, 0.2) is 4.34 Å². The number of carbonyl (C=O) groups excluding carboxylic acids is 1. The molecule has 0 saturated heterocycles. The number of hydrogen-bond donors (Lipinski definition) is 3. The molecule has 0 fully saturated rings. The van der Waals surface area contributed by atoms with Crippen molar-refractivity contribution >= 4 is 40.2 Å². The van der Waals surface area contributed by atoms with Crippen molar-refractivity contribution in [3.63, 3.8) is 0 Å². The van der Waals surface area contributed by atoms with Crippen LogP contribution in [-0.4, -0.2) is 45.8 Å². The second kappa shape index (κ2) is 6.56. The second-order valence-corrected chi connectivity index (χ2v) is 5.18. The van der Waals surface area contributed by atoms with Crippen LogP contribution >= 0.6 is 23.1 Å². The van der Waals surface area contributed by atoms with E-state index >= 15 is 0 Å². The van der Waals surface area contributed by atoms with Crippen molar-refractivity contribution in [1.29, 1.82) is 0 Å². The first-order chi connectivity index (χ1) is 8.76. The minimum atomic E-state index is -4.50. The van der Waals surface area contributed by atoms with Crippen LogP contribution in [0.3, 0.4) is 0 Å². The summed E-state index contributed by atoms with van der Waals surface area (Å²) in [5.74, 6) is -1.27. The fourth-order valence-corrected chi connectivity index (χ4v) is 2.23. The minimum Gasteiger partial charge on any atom is -0.481 e. The molecule has 0 saturated carbocycles. The van der Waals surface area contributed by atoms with Gasteiger partial charge >= 0.3 is 18.2 Å². The number of aliphatic carboxylic acids is 1. The zero-order valence-electron chi connectivity index (χ0n) is 9.02. The number of rotatable bonds is 5. The molecule has 0 radical (unpaired) electrons. The molecule has 12 heteroatoms. The number of anilines is 1. The molecule has 0 bridgehead atoms. The second-order valence-electron chi connectivity index (χ2n) is 2.98. The van der Waals surface area contributed by atoms with Crippen molar-refractivity contribution in [2.24, 2.45) is 0 Å². The van der Waals surface area contributed by atoms with Gasteiger partial charge in [-0.15, -0.1) is 10.2 Å². The number of carbonyl (C=O) groups is 2. The van der Waals surface area contributed by atoms with E-state index in [2.05, 4.69) is 15.5 Å². The van der Waals surface area contributed by atoms with Gasteiger partial charge in [-0.1, -0.05) is 23.1 Å². The number of carboxylic acids is 1. The maximum Gasteiger partial charge on any atom is 0.405 e. The normalized spacial score (nSPS) is 11.1. The van der Waals surface area contributed by atoms with E-state index in [1.54, 1.807) is 5.32 Å².